The summed E-state index contributed by atoms with van der Waals surface area (Å²) in [6.45, 7) is 0.607. The van der Waals surface area contributed by atoms with Crippen molar-refractivity contribution in [2.75, 3.05) is 13.7 Å². The van der Waals surface area contributed by atoms with Crippen LogP contribution in [0.25, 0.3) is 10.9 Å². The number of fused-ring (bicyclic) bond motifs is 1. The Balaban J connectivity index is 1.76. The number of halogens is 1. The van der Waals surface area contributed by atoms with Gasteiger partial charge in [-0.2, -0.15) is 0 Å². The molecule has 1 saturated heterocycles. The third-order valence-electron chi connectivity index (χ3n) is 5.03. The number of ether oxygens (including phenoxy) is 1. The van der Waals surface area contributed by atoms with Crippen molar-refractivity contribution in [3.63, 3.8) is 0 Å². The van der Waals surface area contributed by atoms with Crippen LogP contribution in [-0.2, 0) is 0 Å². The van der Waals surface area contributed by atoms with E-state index in [0.717, 1.165) is 24.2 Å². The maximum absolute atomic E-state index is 13.5. The number of H-pyrrole nitrogens is 1. The minimum Gasteiger partial charge on any atom is -0.497 e. The van der Waals surface area contributed by atoms with Crippen molar-refractivity contribution in [1.29, 1.82) is 0 Å². The first kappa shape index (κ1) is 17.3. The van der Waals surface area contributed by atoms with Crippen molar-refractivity contribution in [3.8, 4) is 5.75 Å². The topological polar surface area (TPSA) is 62.4 Å². The van der Waals surface area contributed by atoms with Gasteiger partial charge in [-0.1, -0.05) is 12.1 Å². The van der Waals surface area contributed by atoms with Crippen LogP contribution in [0.3, 0.4) is 0 Å². The molecule has 2 heterocycles. The van der Waals surface area contributed by atoms with Gasteiger partial charge in [-0.05, 0) is 48.7 Å². The molecular formula is C21H19FN2O3. The number of nitrogens with one attached hydrogen (secondary N) is 1. The number of pyridine rings is 1. The van der Waals surface area contributed by atoms with Crippen molar-refractivity contribution < 1.29 is 13.9 Å². The second-order valence-electron chi connectivity index (χ2n) is 6.67. The van der Waals surface area contributed by atoms with E-state index in [1.807, 2.05) is 24.3 Å². The highest BCUT2D eigenvalue weighted by Crippen LogP contribution is 2.35. The number of aromatic amines is 1. The van der Waals surface area contributed by atoms with Crippen LogP contribution in [0.15, 0.2) is 53.3 Å². The second-order valence-corrected chi connectivity index (χ2v) is 6.67. The lowest BCUT2D eigenvalue weighted by Crippen LogP contribution is -2.31. The summed E-state index contributed by atoms with van der Waals surface area (Å²) in [5.74, 6) is 0.0603. The Kier molecular flexibility index (Phi) is 4.39. The van der Waals surface area contributed by atoms with Crippen LogP contribution in [0.4, 0.5) is 4.39 Å². The highest BCUT2D eigenvalue weighted by molar-refractivity contribution is 6.06. The van der Waals surface area contributed by atoms with Gasteiger partial charge in [-0.15, -0.1) is 0 Å². The molecule has 6 heteroatoms. The summed E-state index contributed by atoms with van der Waals surface area (Å²) in [6.07, 6.45) is 1.72. The molecule has 1 fully saturated rings. The van der Waals surface area contributed by atoms with Gasteiger partial charge < -0.3 is 14.6 Å². The molecule has 0 bridgehead atoms. The number of methoxy groups -OCH3 is 1. The molecule has 0 aliphatic carbocycles. The smallest absolute Gasteiger partial charge is 0.255 e. The van der Waals surface area contributed by atoms with Gasteiger partial charge in [-0.3, -0.25) is 9.59 Å². The molecule has 3 aromatic rings. The fourth-order valence-corrected chi connectivity index (χ4v) is 3.77. The largest absolute Gasteiger partial charge is 0.497 e. The summed E-state index contributed by atoms with van der Waals surface area (Å²) >= 11 is 0. The fraction of sp³-hybridized carbons (Fsp3) is 0.238. The number of rotatable bonds is 3. The van der Waals surface area contributed by atoms with E-state index in [9.17, 15) is 14.0 Å². The zero-order chi connectivity index (χ0) is 19.0. The Labute approximate surface area is 155 Å². The van der Waals surface area contributed by atoms with E-state index >= 15 is 0 Å². The van der Waals surface area contributed by atoms with E-state index in [2.05, 4.69) is 4.98 Å². The van der Waals surface area contributed by atoms with Crippen LogP contribution in [0.1, 0.15) is 34.8 Å². The van der Waals surface area contributed by atoms with E-state index in [1.54, 1.807) is 12.0 Å². The predicted molar refractivity (Wildman–Crippen MR) is 101 cm³/mol. The minimum atomic E-state index is -0.460. The SMILES string of the molecule is COc1cccc([C@H]2CCCN2C(=O)c2cc(=O)[nH]c3cc(F)ccc23)c1. The normalized spacial score (nSPS) is 16.7. The molecule has 1 N–H and O–H groups in total. The quantitative estimate of drug-likeness (QED) is 0.770. The first-order valence-corrected chi connectivity index (χ1v) is 8.84. The summed E-state index contributed by atoms with van der Waals surface area (Å²) in [5.41, 5.74) is 1.19. The van der Waals surface area contributed by atoms with Crippen LogP contribution < -0.4 is 10.3 Å². The summed E-state index contributed by atoms with van der Waals surface area (Å²) in [4.78, 5) is 29.7. The van der Waals surface area contributed by atoms with Gasteiger partial charge in [0.05, 0.1) is 24.2 Å². The summed E-state index contributed by atoms with van der Waals surface area (Å²) < 4.78 is 18.8. The number of hydrogen-bond donors (Lipinski definition) is 1. The lowest BCUT2D eigenvalue weighted by molar-refractivity contribution is 0.0737. The molecule has 0 radical (unpaired) electrons. The highest BCUT2D eigenvalue weighted by atomic mass is 19.1. The van der Waals surface area contributed by atoms with Crippen molar-refractivity contribution in [2.45, 2.75) is 18.9 Å². The van der Waals surface area contributed by atoms with Crippen molar-refractivity contribution in [2.24, 2.45) is 0 Å². The fourth-order valence-electron chi connectivity index (χ4n) is 3.77. The standard InChI is InChI=1S/C21H19FN2O3/c1-27-15-5-2-4-13(10-15)19-6-3-9-24(19)21(26)17-12-20(25)23-18-11-14(22)7-8-16(17)18/h2,4-5,7-8,10-12,19H,3,6,9H2,1H3,(H,23,25)/t19-/m1/s1. The van der Waals surface area contributed by atoms with E-state index in [1.165, 1.54) is 24.3 Å². The van der Waals surface area contributed by atoms with E-state index < -0.39 is 11.4 Å². The first-order valence-electron chi connectivity index (χ1n) is 8.84. The van der Waals surface area contributed by atoms with Crippen LogP contribution in [0.2, 0.25) is 0 Å². The molecule has 5 nitrogen and oxygen atoms in total. The van der Waals surface area contributed by atoms with Crippen LogP contribution >= 0.6 is 0 Å². The Bertz CT molecular complexity index is 1080. The first-order chi connectivity index (χ1) is 13.1. The zero-order valence-corrected chi connectivity index (χ0v) is 14.9. The Morgan fingerprint density at radius 3 is 2.89 bits per heavy atom. The molecule has 1 aliphatic rings. The van der Waals surface area contributed by atoms with Crippen LogP contribution in [0, 0.1) is 5.82 Å². The number of benzene rings is 2. The lowest BCUT2D eigenvalue weighted by atomic mass is 10.0. The molecule has 0 spiro atoms. The summed E-state index contributed by atoms with van der Waals surface area (Å²) in [6, 6.07) is 12.9. The summed E-state index contributed by atoms with van der Waals surface area (Å²) in [7, 11) is 1.61. The van der Waals surface area contributed by atoms with Gasteiger partial charge in [0, 0.05) is 18.0 Å². The average molecular weight is 366 g/mol. The molecule has 4 rings (SSSR count). The average Bonchev–Trinajstić information content (AvgIpc) is 3.16. The molecular weight excluding hydrogens is 347 g/mol. The van der Waals surface area contributed by atoms with Gasteiger partial charge in [0.15, 0.2) is 0 Å². The highest BCUT2D eigenvalue weighted by Gasteiger charge is 2.31. The number of hydrogen-bond acceptors (Lipinski definition) is 3. The molecule has 1 aromatic heterocycles. The van der Waals surface area contributed by atoms with Crippen molar-refractivity contribution in [3.05, 3.63) is 75.8 Å². The number of aromatic nitrogens is 1. The molecule has 138 valence electrons. The molecule has 0 unspecified atom stereocenters. The van der Waals surface area contributed by atoms with E-state index in [-0.39, 0.29) is 11.9 Å². The van der Waals surface area contributed by atoms with Gasteiger partial charge >= 0.3 is 0 Å². The number of nitrogens with zero attached hydrogens (tertiary/aromatic N) is 1. The van der Waals surface area contributed by atoms with Crippen LogP contribution in [0.5, 0.6) is 5.75 Å². The maximum Gasteiger partial charge on any atom is 0.255 e. The molecule has 1 atom stereocenters. The Morgan fingerprint density at radius 2 is 2.07 bits per heavy atom. The van der Waals surface area contributed by atoms with Crippen molar-refractivity contribution in [1.82, 2.24) is 9.88 Å². The Morgan fingerprint density at radius 1 is 1.22 bits per heavy atom. The van der Waals surface area contributed by atoms with E-state index in [4.69, 9.17) is 4.74 Å². The minimum absolute atomic E-state index is 0.0811. The van der Waals surface area contributed by atoms with Gasteiger partial charge in [0.1, 0.15) is 11.6 Å². The maximum atomic E-state index is 13.5. The molecule has 0 saturated carbocycles. The van der Waals surface area contributed by atoms with Gasteiger partial charge in [-0.25, -0.2) is 4.39 Å². The number of carbonyl (C=O) groups is 1. The second kappa shape index (κ2) is 6.87. The number of amides is 1. The van der Waals surface area contributed by atoms with Gasteiger partial charge in [0.25, 0.3) is 5.91 Å². The Hall–Kier alpha value is -3.15. The van der Waals surface area contributed by atoms with E-state index in [0.29, 0.717) is 23.0 Å². The number of carbonyl (C=O) groups excluding carboxylic acids is 1. The monoisotopic (exact) mass is 366 g/mol. The zero-order valence-electron chi connectivity index (χ0n) is 14.9. The lowest BCUT2D eigenvalue weighted by Gasteiger charge is -2.26. The molecule has 1 amide bonds. The third kappa shape index (κ3) is 3.18. The van der Waals surface area contributed by atoms with Crippen LogP contribution in [-0.4, -0.2) is 29.4 Å². The number of likely N-dealkylation sites (tertiary alicyclic amines) is 1. The van der Waals surface area contributed by atoms with Gasteiger partial charge in [0.2, 0.25) is 5.56 Å². The third-order valence-corrected chi connectivity index (χ3v) is 5.03. The predicted octanol–water partition coefficient (Wildman–Crippen LogP) is 3.65. The molecule has 27 heavy (non-hydrogen) atoms. The van der Waals surface area contributed by atoms with Crippen molar-refractivity contribution >= 4 is 16.8 Å². The molecule has 1 aliphatic heterocycles. The summed E-state index contributed by atoms with van der Waals surface area (Å²) in [5, 5.41) is 0.539. The molecule has 2 aromatic carbocycles.